The van der Waals surface area contributed by atoms with Gasteiger partial charge in [0.15, 0.2) is 0 Å². The molecule has 1 aliphatic rings. The number of nitrogens with zero attached hydrogens (tertiary/aromatic N) is 3. The lowest BCUT2D eigenvalue weighted by Crippen LogP contribution is -2.17. The van der Waals surface area contributed by atoms with Crippen molar-refractivity contribution >= 4 is 28.6 Å². The van der Waals surface area contributed by atoms with E-state index in [0.29, 0.717) is 11.5 Å². The fraction of sp³-hybridized carbons (Fsp3) is 0.263. The van der Waals surface area contributed by atoms with Crippen molar-refractivity contribution < 1.29 is 14.1 Å². The van der Waals surface area contributed by atoms with Crippen molar-refractivity contribution in [3.05, 3.63) is 64.0 Å². The van der Waals surface area contributed by atoms with Gasteiger partial charge in [-0.25, -0.2) is 9.37 Å². The van der Waals surface area contributed by atoms with Gasteiger partial charge in [0.05, 0.1) is 16.0 Å². The zero-order valence-electron chi connectivity index (χ0n) is 14.4. The maximum absolute atomic E-state index is 13.6. The topological polar surface area (TPSA) is 90.1 Å². The number of benzene rings is 2. The Balaban J connectivity index is 1.72. The number of carbonyl (C=O) groups is 1. The van der Waals surface area contributed by atoms with Crippen molar-refractivity contribution in [1.82, 2.24) is 9.55 Å². The molecule has 0 atom stereocenters. The quantitative estimate of drug-likeness (QED) is 0.544. The highest BCUT2D eigenvalue weighted by molar-refractivity contribution is 6.04. The molecule has 1 amide bonds. The van der Waals surface area contributed by atoms with Crippen molar-refractivity contribution in [3.63, 3.8) is 0 Å². The summed E-state index contributed by atoms with van der Waals surface area (Å²) in [6.45, 7) is 0. The summed E-state index contributed by atoms with van der Waals surface area (Å²) < 4.78 is 15.5. The molecule has 1 heterocycles. The number of nitrogens with one attached hydrogen (secondary N) is 1. The zero-order valence-corrected chi connectivity index (χ0v) is 14.4. The maximum Gasteiger partial charge on any atom is 0.270 e. The molecule has 1 fully saturated rings. The molecule has 7 nitrogen and oxygen atoms in total. The number of non-ortho nitro benzene ring substituents is 1. The van der Waals surface area contributed by atoms with Gasteiger partial charge < -0.3 is 4.57 Å². The molecule has 27 heavy (non-hydrogen) atoms. The molecular weight excluding hydrogens is 351 g/mol. The third kappa shape index (κ3) is 3.25. The molecule has 4 rings (SSSR count). The highest BCUT2D eigenvalue weighted by atomic mass is 19.1. The Morgan fingerprint density at radius 1 is 1.22 bits per heavy atom. The summed E-state index contributed by atoms with van der Waals surface area (Å²) in [6.07, 6.45) is 4.10. The maximum atomic E-state index is 13.6. The number of amides is 1. The summed E-state index contributed by atoms with van der Waals surface area (Å²) in [5.74, 6) is -0.553. The van der Waals surface area contributed by atoms with Crippen molar-refractivity contribution in [2.75, 3.05) is 5.32 Å². The van der Waals surface area contributed by atoms with Crippen LogP contribution in [0.4, 0.5) is 16.0 Å². The van der Waals surface area contributed by atoms with Crippen LogP contribution < -0.4 is 5.32 Å². The van der Waals surface area contributed by atoms with Crippen LogP contribution in [0, 0.1) is 15.9 Å². The van der Waals surface area contributed by atoms with Gasteiger partial charge in [-0.05, 0) is 31.0 Å². The average molecular weight is 368 g/mol. The molecule has 0 aliphatic heterocycles. The minimum Gasteiger partial charge on any atom is -0.307 e. The summed E-state index contributed by atoms with van der Waals surface area (Å²) in [4.78, 5) is 27.4. The Labute approximate surface area is 154 Å². The van der Waals surface area contributed by atoms with E-state index >= 15 is 0 Å². The van der Waals surface area contributed by atoms with Gasteiger partial charge in [0.25, 0.3) is 11.6 Å². The van der Waals surface area contributed by atoms with Gasteiger partial charge in [-0.3, -0.25) is 20.2 Å². The van der Waals surface area contributed by atoms with E-state index in [1.54, 1.807) is 6.07 Å². The van der Waals surface area contributed by atoms with Crippen LogP contribution in [0.5, 0.6) is 0 Å². The number of anilines is 1. The molecule has 0 radical (unpaired) electrons. The molecular formula is C19H17FN4O3. The number of nitro benzene ring substituents is 1. The second kappa shape index (κ2) is 6.79. The molecule has 138 valence electrons. The Kier molecular flexibility index (Phi) is 4.31. The lowest BCUT2D eigenvalue weighted by Gasteiger charge is -2.16. The van der Waals surface area contributed by atoms with E-state index in [0.717, 1.165) is 31.2 Å². The normalized spacial score (nSPS) is 14.6. The predicted molar refractivity (Wildman–Crippen MR) is 98.2 cm³/mol. The molecule has 0 bridgehead atoms. The third-order valence-corrected chi connectivity index (χ3v) is 4.89. The van der Waals surface area contributed by atoms with Crippen LogP contribution in [0.2, 0.25) is 0 Å². The van der Waals surface area contributed by atoms with Crippen molar-refractivity contribution in [2.24, 2.45) is 0 Å². The Morgan fingerprint density at radius 2 is 2.00 bits per heavy atom. The molecule has 8 heteroatoms. The fourth-order valence-electron chi connectivity index (χ4n) is 3.63. The van der Waals surface area contributed by atoms with E-state index in [1.807, 2.05) is 4.57 Å². The molecule has 0 unspecified atom stereocenters. The molecule has 1 saturated carbocycles. The number of halogens is 1. The second-order valence-corrected chi connectivity index (χ2v) is 6.64. The van der Waals surface area contributed by atoms with Crippen LogP contribution in [0.15, 0.2) is 42.5 Å². The monoisotopic (exact) mass is 368 g/mol. The standard InChI is InChI=1S/C19H17FN4O3/c20-13-8-9-17-16(11-13)21-19(23(17)14-5-1-2-6-14)22-18(25)12-4-3-7-15(10-12)24(26)27/h3-4,7-11,14H,1-2,5-6H2,(H,21,22,25). The van der Waals surface area contributed by atoms with Crippen LogP contribution in [-0.2, 0) is 0 Å². The minimum absolute atomic E-state index is 0.158. The number of hydrogen-bond donors (Lipinski definition) is 1. The number of carbonyl (C=O) groups excluding carboxylic acids is 1. The molecule has 1 N–H and O–H groups in total. The van der Waals surface area contributed by atoms with E-state index < -0.39 is 16.6 Å². The predicted octanol–water partition coefficient (Wildman–Crippen LogP) is 4.45. The molecule has 3 aromatic rings. The molecule has 0 saturated heterocycles. The van der Waals surface area contributed by atoms with Crippen LogP contribution in [0.3, 0.4) is 0 Å². The number of rotatable bonds is 4. The van der Waals surface area contributed by atoms with Gasteiger partial charge in [0.1, 0.15) is 5.82 Å². The molecule has 2 aromatic carbocycles. The van der Waals surface area contributed by atoms with Crippen LogP contribution in [-0.4, -0.2) is 20.4 Å². The van der Waals surface area contributed by atoms with E-state index in [4.69, 9.17) is 0 Å². The number of aromatic nitrogens is 2. The molecule has 1 aromatic heterocycles. The van der Waals surface area contributed by atoms with E-state index in [9.17, 15) is 19.3 Å². The third-order valence-electron chi connectivity index (χ3n) is 4.89. The van der Waals surface area contributed by atoms with E-state index in [-0.39, 0.29) is 17.3 Å². The summed E-state index contributed by atoms with van der Waals surface area (Å²) >= 11 is 0. The summed E-state index contributed by atoms with van der Waals surface area (Å²) in [6, 6.07) is 10.1. The van der Waals surface area contributed by atoms with Crippen molar-refractivity contribution in [2.45, 2.75) is 31.7 Å². The van der Waals surface area contributed by atoms with Gasteiger partial charge in [-0.15, -0.1) is 0 Å². The largest absolute Gasteiger partial charge is 0.307 e. The summed E-state index contributed by atoms with van der Waals surface area (Å²) in [5, 5.41) is 13.7. The highest BCUT2D eigenvalue weighted by Crippen LogP contribution is 2.35. The van der Waals surface area contributed by atoms with Crippen molar-refractivity contribution in [1.29, 1.82) is 0 Å². The second-order valence-electron chi connectivity index (χ2n) is 6.64. The number of hydrogen-bond acceptors (Lipinski definition) is 4. The van der Waals surface area contributed by atoms with Crippen LogP contribution in [0.25, 0.3) is 11.0 Å². The van der Waals surface area contributed by atoms with Crippen LogP contribution >= 0.6 is 0 Å². The van der Waals surface area contributed by atoms with E-state index in [2.05, 4.69) is 10.3 Å². The smallest absolute Gasteiger partial charge is 0.270 e. The van der Waals surface area contributed by atoms with Crippen molar-refractivity contribution in [3.8, 4) is 0 Å². The van der Waals surface area contributed by atoms with E-state index in [1.165, 1.54) is 36.4 Å². The van der Waals surface area contributed by atoms with Gasteiger partial charge >= 0.3 is 0 Å². The zero-order chi connectivity index (χ0) is 19.0. The molecule has 0 spiro atoms. The first-order chi connectivity index (χ1) is 13.0. The average Bonchev–Trinajstić information content (AvgIpc) is 3.28. The Morgan fingerprint density at radius 3 is 2.74 bits per heavy atom. The first-order valence-corrected chi connectivity index (χ1v) is 8.76. The highest BCUT2D eigenvalue weighted by Gasteiger charge is 2.24. The first-order valence-electron chi connectivity index (χ1n) is 8.76. The number of fused-ring (bicyclic) bond motifs is 1. The van der Waals surface area contributed by atoms with Gasteiger partial charge in [-0.1, -0.05) is 18.9 Å². The van der Waals surface area contributed by atoms with Gasteiger partial charge in [0.2, 0.25) is 5.95 Å². The summed E-state index contributed by atoms with van der Waals surface area (Å²) in [7, 11) is 0. The van der Waals surface area contributed by atoms with Gasteiger partial charge in [0, 0.05) is 29.8 Å². The van der Waals surface area contributed by atoms with Crippen LogP contribution in [0.1, 0.15) is 42.1 Å². The van der Waals surface area contributed by atoms with Gasteiger partial charge in [-0.2, -0.15) is 0 Å². The number of nitro groups is 1. The summed E-state index contributed by atoms with van der Waals surface area (Å²) in [5.41, 5.74) is 1.24. The lowest BCUT2D eigenvalue weighted by molar-refractivity contribution is -0.384. The Bertz CT molecular complexity index is 1040. The number of imidazole rings is 1. The first kappa shape index (κ1) is 17.1. The molecule has 1 aliphatic carbocycles. The fourth-order valence-corrected chi connectivity index (χ4v) is 3.63. The Hall–Kier alpha value is -3.29. The minimum atomic E-state index is -0.548. The SMILES string of the molecule is O=C(Nc1nc2cc(F)ccc2n1C1CCCC1)c1cccc([N+](=O)[O-])c1. The lowest BCUT2D eigenvalue weighted by atomic mass is 10.2.